The number of anilines is 1. The van der Waals surface area contributed by atoms with Crippen LogP contribution in [0.3, 0.4) is 0 Å². The molecule has 4 heterocycles. The van der Waals surface area contributed by atoms with E-state index in [2.05, 4.69) is 4.98 Å². The highest BCUT2D eigenvalue weighted by molar-refractivity contribution is 6.29. The van der Waals surface area contributed by atoms with Crippen LogP contribution in [0.1, 0.15) is 41.4 Å². The van der Waals surface area contributed by atoms with Gasteiger partial charge in [0, 0.05) is 45.9 Å². The molecule has 1 fully saturated rings. The number of benzene rings is 1. The Balaban J connectivity index is 1.64. The lowest BCUT2D eigenvalue weighted by molar-refractivity contribution is -0.131. The number of nitrogens with zero attached hydrogens (tertiary/aromatic N) is 6. The van der Waals surface area contributed by atoms with Crippen LogP contribution < -0.4 is 9.64 Å². The number of hydrogen-bond acceptors (Lipinski definition) is 6. The quantitative estimate of drug-likeness (QED) is 0.441. The third kappa shape index (κ3) is 4.50. The van der Waals surface area contributed by atoms with Gasteiger partial charge in [0.15, 0.2) is 12.3 Å². The van der Waals surface area contributed by atoms with Crippen molar-refractivity contribution in [1.82, 2.24) is 24.4 Å². The molecule has 184 valence electrons. The molecule has 11 heteroatoms. The smallest absolute Gasteiger partial charge is 0.260 e. The standard InChI is InChI=1S/C24H26ClFN6O3/c1-29-9-10-30(2)23(33)14-35-19-7-6-15(26)11-16(19)24(34)31-8-4-3-5-18(31)17-12-21-27-20(25)13-22(29)32(21)28-17/h6-7,11-13,18H,3-5,8-10,14H2,1-2H3/t18-/m0/s1. The Morgan fingerprint density at radius 2 is 1.86 bits per heavy atom. The Hall–Kier alpha value is -3.40. The molecular formula is C24H26ClFN6O3. The fraction of sp³-hybridized carbons (Fsp3) is 0.417. The fourth-order valence-corrected chi connectivity index (χ4v) is 4.79. The van der Waals surface area contributed by atoms with Crippen LogP contribution in [-0.2, 0) is 4.79 Å². The number of carbonyl (C=O) groups excluding carboxylic acids is 2. The number of amides is 2. The number of likely N-dealkylation sites (N-methyl/N-ethyl adjacent to an activating group) is 2. The van der Waals surface area contributed by atoms with Gasteiger partial charge in [-0.15, -0.1) is 0 Å². The second kappa shape index (κ2) is 9.33. The Morgan fingerprint density at radius 1 is 1.06 bits per heavy atom. The predicted molar refractivity (Wildman–Crippen MR) is 128 cm³/mol. The average molecular weight is 501 g/mol. The summed E-state index contributed by atoms with van der Waals surface area (Å²) in [6.45, 7) is 1.17. The maximum absolute atomic E-state index is 14.2. The summed E-state index contributed by atoms with van der Waals surface area (Å²) in [5, 5.41) is 5.14. The lowest BCUT2D eigenvalue weighted by Gasteiger charge is -2.35. The van der Waals surface area contributed by atoms with Gasteiger partial charge < -0.3 is 19.4 Å². The highest BCUT2D eigenvalue weighted by atomic mass is 35.5. The summed E-state index contributed by atoms with van der Waals surface area (Å²) in [6.07, 6.45) is 2.46. The second-order valence-electron chi connectivity index (χ2n) is 8.95. The van der Waals surface area contributed by atoms with Crippen molar-refractivity contribution in [3.63, 3.8) is 0 Å². The Kier molecular flexibility index (Phi) is 6.22. The second-order valence-corrected chi connectivity index (χ2v) is 9.34. The number of piperidine rings is 1. The van der Waals surface area contributed by atoms with Gasteiger partial charge in [-0.3, -0.25) is 9.59 Å². The van der Waals surface area contributed by atoms with Crippen molar-refractivity contribution in [3.05, 3.63) is 52.6 Å². The molecule has 0 saturated carbocycles. The zero-order valence-corrected chi connectivity index (χ0v) is 20.3. The lowest BCUT2D eigenvalue weighted by atomic mass is 9.98. The Morgan fingerprint density at radius 3 is 2.69 bits per heavy atom. The molecule has 0 spiro atoms. The van der Waals surface area contributed by atoms with E-state index in [9.17, 15) is 14.0 Å². The van der Waals surface area contributed by atoms with E-state index < -0.39 is 5.82 Å². The Bertz CT molecular complexity index is 1300. The third-order valence-electron chi connectivity index (χ3n) is 6.61. The van der Waals surface area contributed by atoms with Crippen molar-refractivity contribution >= 4 is 34.9 Å². The van der Waals surface area contributed by atoms with Crippen LogP contribution in [0.5, 0.6) is 5.75 Å². The van der Waals surface area contributed by atoms with Crippen molar-refractivity contribution in [2.24, 2.45) is 0 Å². The van der Waals surface area contributed by atoms with Crippen LogP contribution in [0.4, 0.5) is 10.2 Å². The molecule has 1 atom stereocenters. The number of fused-ring (bicyclic) bond motifs is 4. The maximum Gasteiger partial charge on any atom is 0.260 e. The van der Waals surface area contributed by atoms with Crippen LogP contribution in [-0.4, -0.2) is 76.5 Å². The van der Waals surface area contributed by atoms with Crippen molar-refractivity contribution in [3.8, 4) is 5.75 Å². The van der Waals surface area contributed by atoms with Gasteiger partial charge in [0.1, 0.15) is 22.5 Å². The number of carbonyl (C=O) groups is 2. The molecule has 9 nitrogen and oxygen atoms in total. The summed E-state index contributed by atoms with van der Waals surface area (Å²) >= 11 is 6.32. The average Bonchev–Trinajstić information content (AvgIpc) is 3.28. The summed E-state index contributed by atoms with van der Waals surface area (Å²) in [7, 11) is 3.57. The molecule has 5 rings (SSSR count). The SMILES string of the molecule is CN1CCN(C)c2cc(Cl)nc3cc(nn23)[C@@H]2CCCCN2C(=O)c2cc(F)ccc2OCC1=O. The molecule has 3 aromatic rings. The molecule has 0 unspecified atom stereocenters. The van der Waals surface area contributed by atoms with Gasteiger partial charge >= 0.3 is 0 Å². The summed E-state index contributed by atoms with van der Waals surface area (Å²) in [5.74, 6) is -0.277. The number of ether oxygens (including phenoxy) is 1. The first-order valence-corrected chi connectivity index (χ1v) is 11.9. The number of aromatic nitrogens is 3. The van der Waals surface area contributed by atoms with Gasteiger partial charge in [0.25, 0.3) is 11.8 Å². The molecule has 1 aromatic carbocycles. The normalized spacial score (nSPS) is 19.7. The van der Waals surface area contributed by atoms with Gasteiger partial charge in [-0.25, -0.2) is 9.37 Å². The first kappa shape index (κ1) is 23.3. The molecule has 0 radical (unpaired) electrons. The van der Waals surface area contributed by atoms with Crippen LogP contribution >= 0.6 is 11.6 Å². The van der Waals surface area contributed by atoms with Gasteiger partial charge in [-0.2, -0.15) is 9.61 Å². The lowest BCUT2D eigenvalue weighted by Crippen LogP contribution is -2.40. The fourth-order valence-electron chi connectivity index (χ4n) is 4.60. The van der Waals surface area contributed by atoms with Crippen LogP contribution in [0, 0.1) is 5.82 Å². The van der Waals surface area contributed by atoms with Gasteiger partial charge in [-0.1, -0.05) is 11.6 Å². The van der Waals surface area contributed by atoms with Crippen molar-refractivity contribution in [2.45, 2.75) is 25.3 Å². The summed E-state index contributed by atoms with van der Waals surface area (Å²) < 4.78 is 21.6. The minimum Gasteiger partial charge on any atom is -0.483 e. The molecule has 2 bridgehead atoms. The van der Waals surface area contributed by atoms with Gasteiger partial charge in [0.05, 0.1) is 17.3 Å². The Labute approximate surface area is 207 Å². The van der Waals surface area contributed by atoms with Crippen molar-refractivity contribution < 1.29 is 18.7 Å². The van der Waals surface area contributed by atoms with Crippen LogP contribution in [0.25, 0.3) is 5.65 Å². The molecular weight excluding hydrogens is 475 g/mol. The molecule has 2 aliphatic heterocycles. The topological polar surface area (TPSA) is 83.3 Å². The summed E-state index contributed by atoms with van der Waals surface area (Å²) in [4.78, 5) is 36.0. The molecule has 2 aromatic heterocycles. The molecule has 2 aliphatic rings. The van der Waals surface area contributed by atoms with E-state index in [1.807, 2.05) is 18.0 Å². The molecule has 1 saturated heterocycles. The third-order valence-corrected chi connectivity index (χ3v) is 6.81. The summed E-state index contributed by atoms with van der Waals surface area (Å²) in [6, 6.07) is 7.04. The minimum atomic E-state index is -0.550. The van der Waals surface area contributed by atoms with E-state index in [4.69, 9.17) is 21.4 Å². The molecule has 2 amide bonds. The zero-order valence-electron chi connectivity index (χ0n) is 19.6. The van der Waals surface area contributed by atoms with Crippen LogP contribution in [0.2, 0.25) is 5.15 Å². The number of halogens is 2. The summed E-state index contributed by atoms with van der Waals surface area (Å²) in [5.41, 5.74) is 1.35. The monoisotopic (exact) mass is 500 g/mol. The van der Waals surface area contributed by atoms with E-state index in [1.165, 1.54) is 18.2 Å². The van der Waals surface area contributed by atoms with Crippen LogP contribution in [0.15, 0.2) is 30.3 Å². The van der Waals surface area contributed by atoms with Gasteiger partial charge in [0.2, 0.25) is 0 Å². The largest absolute Gasteiger partial charge is 0.483 e. The van der Waals surface area contributed by atoms with Crippen molar-refractivity contribution in [2.75, 3.05) is 45.2 Å². The molecule has 35 heavy (non-hydrogen) atoms. The zero-order chi connectivity index (χ0) is 24.7. The van der Waals surface area contributed by atoms with Gasteiger partial charge in [-0.05, 0) is 37.5 Å². The van der Waals surface area contributed by atoms with E-state index in [1.54, 1.807) is 27.4 Å². The van der Waals surface area contributed by atoms with Crippen molar-refractivity contribution in [1.29, 1.82) is 0 Å². The first-order chi connectivity index (χ1) is 16.8. The van der Waals surface area contributed by atoms with E-state index >= 15 is 0 Å². The maximum atomic E-state index is 14.2. The predicted octanol–water partition coefficient (Wildman–Crippen LogP) is 3.18. The minimum absolute atomic E-state index is 0.0878. The molecule has 0 aliphatic carbocycles. The highest BCUT2D eigenvalue weighted by Gasteiger charge is 2.33. The highest BCUT2D eigenvalue weighted by Crippen LogP contribution is 2.34. The number of rotatable bonds is 0. The first-order valence-electron chi connectivity index (χ1n) is 11.6. The van der Waals surface area contributed by atoms with E-state index in [-0.39, 0.29) is 35.8 Å². The number of hydrogen-bond donors (Lipinski definition) is 0. The van der Waals surface area contributed by atoms with E-state index in [0.29, 0.717) is 42.5 Å². The van der Waals surface area contributed by atoms with E-state index in [0.717, 1.165) is 18.7 Å². The molecule has 0 N–H and O–H groups in total.